The third kappa shape index (κ3) is 3.40. The molecular weight excluding hydrogens is 200 g/mol. The van der Waals surface area contributed by atoms with Crippen LogP contribution >= 0.6 is 0 Å². The summed E-state index contributed by atoms with van der Waals surface area (Å²) in [5.41, 5.74) is -0.265. The molecule has 15 heavy (non-hydrogen) atoms. The molecule has 1 aromatic rings. The average Bonchev–Trinajstić information content (AvgIpc) is 2.16. The third-order valence-corrected chi connectivity index (χ3v) is 1.98. The molecule has 1 aromatic carbocycles. The molecule has 82 valence electrons. The minimum atomic E-state index is -0.628. The van der Waals surface area contributed by atoms with E-state index in [0.29, 0.717) is 0 Å². The second kappa shape index (κ2) is 4.49. The highest BCUT2D eigenvalue weighted by molar-refractivity contribution is 5.75. The lowest BCUT2D eigenvalue weighted by Gasteiger charge is -2.08. The van der Waals surface area contributed by atoms with Crippen LogP contribution in [0.3, 0.4) is 0 Å². The maximum absolute atomic E-state index is 13.2. The summed E-state index contributed by atoms with van der Waals surface area (Å²) in [6.07, 6.45) is 1.42. The fourth-order valence-electron chi connectivity index (χ4n) is 0.937. The Morgan fingerprint density at radius 1 is 1.40 bits per heavy atom. The zero-order valence-electron chi connectivity index (χ0n) is 8.72. The predicted molar refractivity (Wildman–Crippen MR) is 53.7 cm³/mol. The van der Waals surface area contributed by atoms with Crippen LogP contribution in [0.4, 0.5) is 8.78 Å². The van der Waals surface area contributed by atoms with Crippen molar-refractivity contribution in [1.29, 1.82) is 0 Å². The Kier molecular flexibility index (Phi) is 3.52. The minimum absolute atomic E-state index is 0.0771. The average molecular weight is 214 g/mol. The van der Waals surface area contributed by atoms with Crippen molar-refractivity contribution < 1.29 is 18.9 Å². The maximum atomic E-state index is 13.2. The van der Waals surface area contributed by atoms with E-state index in [9.17, 15) is 8.78 Å². The van der Waals surface area contributed by atoms with E-state index in [1.54, 1.807) is 13.8 Å². The molecule has 0 aliphatic rings. The zero-order valence-corrected chi connectivity index (χ0v) is 8.72. The van der Waals surface area contributed by atoms with Gasteiger partial charge in [-0.3, -0.25) is 0 Å². The molecular formula is C11H14F2NO+. The molecule has 0 saturated heterocycles. The van der Waals surface area contributed by atoms with E-state index in [1.807, 2.05) is 0 Å². The van der Waals surface area contributed by atoms with Crippen molar-refractivity contribution in [2.24, 2.45) is 0 Å². The molecule has 0 unspecified atom stereocenters. The van der Waals surface area contributed by atoms with Gasteiger partial charge in [0.05, 0.1) is 5.56 Å². The van der Waals surface area contributed by atoms with E-state index in [0.717, 1.165) is 6.07 Å². The molecule has 0 atom stereocenters. The van der Waals surface area contributed by atoms with Crippen molar-refractivity contribution in [2.75, 3.05) is 6.61 Å². The van der Waals surface area contributed by atoms with Crippen LogP contribution in [0.2, 0.25) is 0 Å². The number of aliphatic hydroxyl groups is 1. The highest BCUT2D eigenvalue weighted by atomic mass is 19.1. The van der Waals surface area contributed by atoms with Crippen molar-refractivity contribution in [3.63, 3.8) is 0 Å². The van der Waals surface area contributed by atoms with E-state index >= 15 is 0 Å². The smallest absolute Gasteiger partial charge is 0.177 e. The molecule has 0 spiro atoms. The Balaban J connectivity index is 2.90. The molecule has 0 heterocycles. The molecule has 1 rings (SSSR count). The fourth-order valence-corrected chi connectivity index (χ4v) is 0.937. The van der Waals surface area contributed by atoms with E-state index in [-0.39, 0.29) is 12.2 Å². The largest absolute Gasteiger partial charge is 0.389 e. The van der Waals surface area contributed by atoms with E-state index in [4.69, 9.17) is 5.11 Å². The van der Waals surface area contributed by atoms with Gasteiger partial charge in [-0.1, -0.05) is 0 Å². The van der Waals surface area contributed by atoms with Crippen LogP contribution in [0, 0.1) is 11.6 Å². The summed E-state index contributed by atoms with van der Waals surface area (Å²) in [5, 5.41) is 8.95. The van der Waals surface area contributed by atoms with Gasteiger partial charge in [0.1, 0.15) is 18.2 Å². The second-order valence-electron chi connectivity index (χ2n) is 4.00. The van der Waals surface area contributed by atoms with Crippen LogP contribution in [0.15, 0.2) is 18.2 Å². The molecule has 2 nitrogen and oxygen atoms in total. The monoisotopic (exact) mass is 214 g/mol. The highest BCUT2D eigenvalue weighted by Gasteiger charge is 2.19. The number of benzene rings is 1. The Bertz CT molecular complexity index is 375. The third-order valence-electron chi connectivity index (χ3n) is 1.98. The Hall–Kier alpha value is -1.29. The van der Waals surface area contributed by atoms with Gasteiger partial charge in [0.15, 0.2) is 11.8 Å². The van der Waals surface area contributed by atoms with Gasteiger partial charge in [-0.05, 0) is 12.1 Å². The Labute approximate surface area is 87.3 Å². The lowest BCUT2D eigenvalue weighted by molar-refractivity contribution is -0.543. The maximum Gasteiger partial charge on any atom is 0.177 e. The molecule has 0 radical (unpaired) electrons. The molecule has 0 aromatic heterocycles. The van der Waals surface area contributed by atoms with Crippen LogP contribution in [-0.4, -0.2) is 23.5 Å². The van der Waals surface area contributed by atoms with Gasteiger partial charge >= 0.3 is 0 Å². The first-order valence-corrected chi connectivity index (χ1v) is 4.61. The number of nitrogens with one attached hydrogen (secondary N) is 1. The van der Waals surface area contributed by atoms with Crippen LogP contribution in [-0.2, 0) is 0 Å². The SMILES string of the molecule is CC(C)(CO)[NH+]=Cc1ccc(F)cc1F. The number of hydrogen-bond acceptors (Lipinski definition) is 1. The number of halogens is 2. The molecule has 4 heteroatoms. The van der Waals surface area contributed by atoms with Gasteiger partial charge < -0.3 is 5.11 Å². The van der Waals surface area contributed by atoms with Crippen LogP contribution in [0.5, 0.6) is 0 Å². The predicted octanol–water partition coefficient (Wildman–Crippen LogP) is 0.235. The van der Waals surface area contributed by atoms with Crippen LogP contribution in [0.25, 0.3) is 0 Å². The summed E-state index contributed by atoms with van der Waals surface area (Å²) in [6.45, 7) is 3.46. The molecule has 0 fully saturated rings. The summed E-state index contributed by atoms with van der Waals surface area (Å²) in [5.74, 6) is -1.23. The summed E-state index contributed by atoms with van der Waals surface area (Å²) < 4.78 is 25.7. The van der Waals surface area contributed by atoms with Gasteiger partial charge in [0, 0.05) is 19.9 Å². The quantitative estimate of drug-likeness (QED) is 0.694. The van der Waals surface area contributed by atoms with E-state index < -0.39 is 17.2 Å². The van der Waals surface area contributed by atoms with Gasteiger partial charge in [0.25, 0.3) is 0 Å². The highest BCUT2D eigenvalue weighted by Crippen LogP contribution is 2.05. The minimum Gasteiger partial charge on any atom is -0.389 e. The molecule has 2 N–H and O–H groups in total. The van der Waals surface area contributed by atoms with Gasteiger partial charge in [0.2, 0.25) is 0 Å². The van der Waals surface area contributed by atoms with Crippen LogP contribution in [0.1, 0.15) is 19.4 Å². The van der Waals surface area contributed by atoms with E-state index in [1.165, 1.54) is 18.3 Å². The topological polar surface area (TPSA) is 34.2 Å². The summed E-state index contributed by atoms with van der Waals surface area (Å²) in [4.78, 5) is 2.85. The fraction of sp³-hybridized carbons (Fsp3) is 0.364. The lowest BCUT2D eigenvalue weighted by atomic mass is 10.1. The Morgan fingerprint density at radius 3 is 2.60 bits per heavy atom. The van der Waals surface area contributed by atoms with Gasteiger partial charge in [-0.2, -0.15) is 0 Å². The zero-order chi connectivity index (χ0) is 11.5. The summed E-state index contributed by atoms with van der Waals surface area (Å²) >= 11 is 0. The van der Waals surface area contributed by atoms with Crippen molar-refractivity contribution in [3.05, 3.63) is 35.4 Å². The Morgan fingerprint density at radius 2 is 2.07 bits per heavy atom. The number of hydrogen-bond donors (Lipinski definition) is 2. The van der Waals surface area contributed by atoms with E-state index in [2.05, 4.69) is 4.99 Å². The standard InChI is InChI=1S/C11H13F2NO/c1-11(2,7-15)14-6-8-3-4-9(12)5-10(8)13/h3-6,15H,7H2,1-2H3/p+1. The first-order chi connectivity index (χ1) is 6.94. The summed E-state index contributed by atoms with van der Waals surface area (Å²) in [7, 11) is 0. The summed E-state index contributed by atoms with van der Waals surface area (Å²) in [6, 6.07) is 3.34. The second-order valence-corrected chi connectivity index (χ2v) is 4.00. The van der Waals surface area contributed by atoms with Crippen molar-refractivity contribution in [3.8, 4) is 0 Å². The molecule has 0 amide bonds. The lowest BCUT2D eigenvalue weighted by Crippen LogP contribution is -2.84. The molecule has 0 bridgehead atoms. The molecule has 0 aliphatic heterocycles. The van der Waals surface area contributed by atoms with Crippen molar-refractivity contribution in [1.82, 2.24) is 0 Å². The molecule has 0 aliphatic carbocycles. The van der Waals surface area contributed by atoms with Gasteiger partial charge in [-0.15, -0.1) is 0 Å². The van der Waals surface area contributed by atoms with Crippen molar-refractivity contribution in [2.45, 2.75) is 19.4 Å². The number of aliphatic hydroxyl groups excluding tert-OH is 1. The normalized spacial score (nSPS) is 12.3. The van der Waals surface area contributed by atoms with Gasteiger partial charge in [-0.25, -0.2) is 13.8 Å². The number of rotatable bonds is 3. The van der Waals surface area contributed by atoms with Crippen LogP contribution < -0.4 is 4.99 Å². The molecule has 0 saturated carbocycles. The first kappa shape index (κ1) is 11.8. The first-order valence-electron chi connectivity index (χ1n) is 4.61. The van der Waals surface area contributed by atoms with Crippen molar-refractivity contribution >= 4 is 6.21 Å².